The fourth-order valence-corrected chi connectivity index (χ4v) is 3.40. The van der Waals surface area contributed by atoms with Gasteiger partial charge in [-0.15, -0.1) is 0 Å². The first-order chi connectivity index (χ1) is 13.9. The van der Waals surface area contributed by atoms with Gasteiger partial charge in [0.15, 0.2) is 17.0 Å². The molecule has 3 unspecified atom stereocenters. The third-order valence-electron chi connectivity index (χ3n) is 4.51. The quantitative estimate of drug-likeness (QED) is 0.240. The lowest BCUT2D eigenvalue weighted by Crippen LogP contribution is -2.25. The van der Waals surface area contributed by atoms with Crippen LogP contribution in [0.4, 0.5) is 5.82 Å². The van der Waals surface area contributed by atoms with Crippen LogP contribution in [0.3, 0.4) is 0 Å². The molecule has 2 aromatic rings. The predicted molar refractivity (Wildman–Crippen MR) is 104 cm³/mol. The molecule has 1 fully saturated rings. The van der Waals surface area contributed by atoms with Crippen LogP contribution < -0.4 is 5.73 Å². The minimum absolute atomic E-state index is 0.199. The highest BCUT2D eigenvalue weighted by atomic mass is 31.2. The molecule has 0 aromatic carbocycles. The fraction of sp³-hybridized carbons (Fsp3) is 0.625. The van der Waals surface area contributed by atoms with Crippen molar-refractivity contribution in [2.45, 2.75) is 50.5 Å². The van der Waals surface area contributed by atoms with Crippen molar-refractivity contribution in [2.24, 2.45) is 10.7 Å². The Balaban J connectivity index is 1.68. The number of aliphatic imine (C=N–C) groups is 1. The zero-order chi connectivity index (χ0) is 20.9. The summed E-state index contributed by atoms with van der Waals surface area (Å²) in [6, 6.07) is 0. The molecule has 12 nitrogen and oxygen atoms in total. The normalized spacial score (nSPS) is 22.8. The SMILES string of the molecule is NCCCCC/C=N/c1ncnc2c1ncn2C1CC(O)C(COP(=O)(O)O)O1. The molecule has 1 saturated heterocycles. The number of fused-ring (bicyclic) bond motifs is 1. The first kappa shape index (κ1) is 21.9. The molecule has 160 valence electrons. The minimum Gasteiger partial charge on any atom is -0.390 e. The van der Waals surface area contributed by atoms with Gasteiger partial charge in [-0.25, -0.2) is 24.5 Å². The van der Waals surface area contributed by atoms with E-state index in [0.717, 1.165) is 25.7 Å². The van der Waals surface area contributed by atoms with E-state index in [4.69, 9.17) is 20.3 Å². The molecular formula is C16H25N6O6P. The molecule has 1 aliphatic heterocycles. The predicted octanol–water partition coefficient (Wildman–Crippen LogP) is 0.805. The number of hydrogen-bond donors (Lipinski definition) is 4. The maximum atomic E-state index is 10.9. The molecule has 3 rings (SSSR count). The minimum atomic E-state index is -4.64. The molecule has 1 aliphatic rings. The smallest absolute Gasteiger partial charge is 0.390 e. The van der Waals surface area contributed by atoms with E-state index in [0.29, 0.717) is 23.5 Å². The van der Waals surface area contributed by atoms with Crippen LogP contribution in [0.2, 0.25) is 0 Å². The van der Waals surface area contributed by atoms with Gasteiger partial charge in [-0.2, -0.15) is 0 Å². The summed E-state index contributed by atoms with van der Waals surface area (Å²) in [5.41, 5.74) is 6.46. The molecule has 0 spiro atoms. The summed E-state index contributed by atoms with van der Waals surface area (Å²) in [5, 5.41) is 10.1. The summed E-state index contributed by atoms with van der Waals surface area (Å²) in [6.07, 6.45) is 6.30. The third-order valence-corrected chi connectivity index (χ3v) is 5.00. The Hall–Kier alpha value is -1.79. The molecule has 0 bridgehead atoms. The van der Waals surface area contributed by atoms with Gasteiger partial charge in [-0.05, 0) is 25.8 Å². The highest BCUT2D eigenvalue weighted by Crippen LogP contribution is 2.38. The lowest BCUT2D eigenvalue weighted by molar-refractivity contribution is -0.0424. The number of rotatable bonds is 10. The van der Waals surface area contributed by atoms with Crippen molar-refractivity contribution in [1.29, 1.82) is 0 Å². The van der Waals surface area contributed by atoms with Crippen molar-refractivity contribution in [3.05, 3.63) is 12.7 Å². The Kier molecular flexibility index (Phi) is 7.41. The Morgan fingerprint density at radius 3 is 2.93 bits per heavy atom. The number of ether oxygens (including phenoxy) is 1. The van der Waals surface area contributed by atoms with E-state index in [1.54, 1.807) is 10.8 Å². The molecule has 0 amide bonds. The van der Waals surface area contributed by atoms with Crippen molar-refractivity contribution in [3.63, 3.8) is 0 Å². The highest BCUT2D eigenvalue weighted by molar-refractivity contribution is 7.46. The van der Waals surface area contributed by atoms with Crippen LogP contribution in [0.5, 0.6) is 0 Å². The summed E-state index contributed by atoms with van der Waals surface area (Å²) < 4.78 is 22.6. The first-order valence-electron chi connectivity index (χ1n) is 9.33. The second-order valence-electron chi connectivity index (χ2n) is 6.69. The second kappa shape index (κ2) is 9.81. The van der Waals surface area contributed by atoms with Gasteiger partial charge < -0.3 is 25.4 Å². The van der Waals surface area contributed by atoms with Crippen LogP contribution in [0.1, 0.15) is 38.3 Å². The number of phosphoric ester groups is 1. The number of hydrogen-bond acceptors (Lipinski definition) is 9. The van der Waals surface area contributed by atoms with Gasteiger partial charge >= 0.3 is 7.82 Å². The number of unbranched alkanes of at least 4 members (excludes halogenated alkanes) is 3. The first-order valence-corrected chi connectivity index (χ1v) is 10.9. The molecule has 0 radical (unpaired) electrons. The summed E-state index contributed by atoms with van der Waals surface area (Å²) in [4.78, 5) is 34.7. The molecule has 5 N–H and O–H groups in total. The van der Waals surface area contributed by atoms with E-state index >= 15 is 0 Å². The highest BCUT2D eigenvalue weighted by Gasteiger charge is 2.37. The van der Waals surface area contributed by atoms with Crippen molar-refractivity contribution in [3.8, 4) is 0 Å². The fourth-order valence-electron chi connectivity index (χ4n) is 3.06. The van der Waals surface area contributed by atoms with Crippen LogP contribution in [-0.4, -0.2) is 66.0 Å². The monoisotopic (exact) mass is 428 g/mol. The van der Waals surface area contributed by atoms with E-state index in [1.165, 1.54) is 12.7 Å². The topological polar surface area (TPSA) is 178 Å². The van der Waals surface area contributed by atoms with Gasteiger partial charge in [0.25, 0.3) is 0 Å². The zero-order valence-corrected chi connectivity index (χ0v) is 16.6. The van der Waals surface area contributed by atoms with E-state index in [-0.39, 0.29) is 6.42 Å². The number of phosphoric acid groups is 1. The number of aliphatic hydroxyl groups excluding tert-OH is 1. The van der Waals surface area contributed by atoms with Crippen LogP contribution in [0.25, 0.3) is 11.2 Å². The number of aromatic nitrogens is 4. The van der Waals surface area contributed by atoms with Crippen molar-refractivity contribution >= 4 is 31.0 Å². The third kappa shape index (κ3) is 5.86. The van der Waals surface area contributed by atoms with Gasteiger partial charge in [0.05, 0.1) is 19.0 Å². The number of aliphatic hydroxyl groups is 1. The second-order valence-corrected chi connectivity index (χ2v) is 7.93. The lowest BCUT2D eigenvalue weighted by atomic mass is 10.2. The van der Waals surface area contributed by atoms with Crippen molar-refractivity contribution < 1.29 is 28.7 Å². The number of nitrogens with zero attached hydrogens (tertiary/aromatic N) is 5. The van der Waals surface area contributed by atoms with Crippen LogP contribution in [-0.2, 0) is 13.8 Å². The Morgan fingerprint density at radius 1 is 1.34 bits per heavy atom. The zero-order valence-electron chi connectivity index (χ0n) is 15.7. The molecule has 0 aliphatic carbocycles. The maximum Gasteiger partial charge on any atom is 0.469 e. The van der Waals surface area contributed by atoms with Gasteiger partial charge in [-0.1, -0.05) is 6.42 Å². The largest absolute Gasteiger partial charge is 0.469 e. The van der Waals surface area contributed by atoms with Crippen LogP contribution in [0.15, 0.2) is 17.6 Å². The molecular weight excluding hydrogens is 403 g/mol. The summed E-state index contributed by atoms with van der Waals surface area (Å²) in [7, 11) is -4.64. The molecule has 13 heteroatoms. The van der Waals surface area contributed by atoms with Gasteiger partial charge in [0.1, 0.15) is 18.7 Å². The van der Waals surface area contributed by atoms with E-state index in [2.05, 4.69) is 24.5 Å². The summed E-state index contributed by atoms with van der Waals surface area (Å²) >= 11 is 0. The standard InChI is InChI=1S/C16H25N6O6P/c17-5-3-1-2-4-6-18-15-14-16(20-9-19-15)22(10-21-14)13-7-11(23)12(28-13)8-27-29(24,25)26/h6,9-13,23H,1-5,7-8,17H2,(H2,24,25,26)/b18-6+. The molecule has 0 saturated carbocycles. The Labute approximate surface area is 167 Å². The lowest BCUT2D eigenvalue weighted by Gasteiger charge is -2.16. The van der Waals surface area contributed by atoms with Gasteiger partial charge in [-0.3, -0.25) is 9.09 Å². The Morgan fingerprint density at radius 2 is 2.17 bits per heavy atom. The number of nitrogens with two attached hydrogens (primary N) is 1. The average molecular weight is 428 g/mol. The van der Waals surface area contributed by atoms with Gasteiger partial charge in [0.2, 0.25) is 0 Å². The van der Waals surface area contributed by atoms with Gasteiger partial charge in [0, 0.05) is 12.6 Å². The van der Waals surface area contributed by atoms with E-state index < -0.39 is 32.9 Å². The van der Waals surface area contributed by atoms with Crippen LogP contribution >= 0.6 is 7.82 Å². The Bertz CT molecular complexity index is 886. The summed E-state index contributed by atoms with van der Waals surface area (Å²) in [6.45, 7) is 0.259. The number of imidazole rings is 1. The van der Waals surface area contributed by atoms with Crippen LogP contribution in [0, 0.1) is 0 Å². The molecule has 3 atom stereocenters. The van der Waals surface area contributed by atoms with E-state index in [1.807, 2.05) is 0 Å². The molecule has 2 aromatic heterocycles. The molecule has 3 heterocycles. The molecule has 29 heavy (non-hydrogen) atoms. The van der Waals surface area contributed by atoms with Crippen molar-refractivity contribution in [1.82, 2.24) is 19.5 Å². The maximum absolute atomic E-state index is 10.9. The average Bonchev–Trinajstić information content (AvgIpc) is 3.26. The summed E-state index contributed by atoms with van der Waals surface area (Å²) in [5.74, 6) is 0.438. The van der Waals surface area contributed by atoms with E-state index in [9.17, 15) is 9.67 Å². The van der Waals surface area contributed by atoms with Crippen molar-refractivity contribution in [2.75, 3.05) is 13.2 Å².